The van der Waals surface area contributed by atoms with Crippen molar-refractivity contribution in [3.05, 3.63) is 57.8 Å². The molecule has 1 fully saturated rings. The summed E-state index contributed by atoms with van der Waals surface area (Å²) in [5, 5.41) is 1.90. The number of fused-ring (bicyclic) bond motifs is 1. The van der Waals surface area contributed by atoms with Crippen LogP contribution in [0.3, 0.4) is 0 Å². The van der Waals surface area contributed by atoms with E-state index in [0.717, 1.165) is 30.7 Å². The van der Waals surface area contributed by atoms with Gasteiger partial charge < -0.3 is 9.80 Å². The zero-order chi connectivity index (χ0) is 16.5. The lowest BCUT2D eigenvalue weighted by Crippen LogP contribution is -2.49. The monoisotopic (exact) mass is 340 g/mol. The second kappa shape index (κ2) is 6.40. The van der Waals surface area contributed by atoms with Crippen LogP contribution in [0.1, 0.15) is 33.6 Å². The van der Waals surface area contributed by atoms with Crippen LogP contribution in [0.25, 0.3) is 0 Å². The van der Waals surface area contributed by atoms with Crippen molar-refractivity contribution in [3.63, 3.8) is 0 Å². The third-order valence-electron chi connectivity index (χ3n) is 4.97. The van der Waals surface area contributed by atoms with Crippen LogP contribution in [0, 0.1) is 0 Å². The first-order chi connectivity index (χ1) is 11.7. The summed E-state index contributed by atoms with van der Waals surface area (Å²) in [4.78, 5) is 30.1. The van der Waals surface area contributed by atoms with E-state index in [9.17, 15) is 9.59 Å². The number of likely N-dealkylation sites (tertiary alicyclic amines) is 1. The lowest BCUT2D eigenvalue weighted by molar-refractivity contribution is -0.136. The lowest BCUT2D eigenvalue weighted by Gasteiger charge is -2.33. The molecule has 0 bridgehead atoms. The summed E-state index contributed by atoms with van der Waals surface area (Å²) >= 11 is 1.44. The van der Waals surface area contributed by atoms with E-state index in [1.807, 2.05) is 28.5 Å². The molecule has 0 aliphatic carbocycles. The molecule has 1 saturated heterocycles. The van der Waals surface area contributed by atoms with Crippen LogP contribution in [0.15, 0.2) is 41.8 Å². The highest BCUT2D eigenvalue weighted by molar-refractivity contribution is 7.12. The minimum atomic E-state index is -0.301. The van der Waals surface area contributed by atoms with E-state index >= 15 is 0 Å². The summed E-state index contributed by atoms with van der Waals surface area (Å²) in [6, 6.07) is 11.7. The van der Waals surface area contributed by atoms with Gasteiger partial charge in [-0.05, 0) is 41.8 Å². The van der Waals surface area contributed by atoms with Crippen LogP contribution < -0.4 is 0 Å². The van der Waals surface area contributed by atoms with E-state index in [4.69, 9.17) is 0 Å². The summed E-state index contributed by atoms with van der Waals surface area (Å²) in [6.45, 7) is 2.08. The number of amides is 2. The minimum Gasteiger partial charge on any atom is -0.336 e. The molecular weight excluding hydrogens is 320 g/mol. The van der Waals surface area contributed by atoms with Gasteiger partial charge in [0.1, 0.15) is 6.04 Å². The average Bonchev–Trinajstić information content (AvgIpc) is 3.31. The molecule has 3 heterocycles. The summed E-state index contributed by atoms with van der Waals surface area (Å²) in [7, 11) is 0. The number of carbonyl (C=O) groups excluding carboxylic acids is 2. The molecule has 5 heteroatoms. The highest BCUT2D eigenvalue weighted by Gasteiger charge is 2.37. The van der Waals surface area contributed by atoms with Gasteiger partial charge in [-0.2, -0.15) is 0 Å². The number of hydrogen-bond donors (Lipinski definition) is 0. The quantitative estimate of drug-likeness (QED) is 0.843. The predicted octanol–water partition coefficient (Wildman–Crippen LogP) is 2.94. The molecular formula is C19H20N2O2S. The van der Waals surface area contributed by atoms with Gasteiger partial charge in [0.05, 0.1) is 4.88 Å². The first-order valence-electron chi connectivity index (χ1n) is 8.44. The standard InChI is InChI=1S/C19H20N2O2S/c22-18(20-11-9-14-5-1-2-6-15(14)13-20)16-7-3-10-21(16)19(23)17-8-4-12-24-17/h1-2,4-6,8,12,16H,3,7,9-11,13H2. The molecule has 0 spiro atoms. The maximum Gasteiger partial charge on any atom is 0.264 e. The Hall–Kier alpha value is -2.14. The molecule has 2 aliphatic rings. The molecule has 1 atom stereocenters. The number of thiophene rings is 1. The van der Waals surface area contributed by atoms with Crippen LogP contribution >= 0.6 is 11.3 Å². The van der Waals surface area contributed by atoms with Crippen molar-refractivity contribution >= 4 is 23.2 Å². The molecule has 2 amide bonds. The topological polar surface area (TPSA) is 40.6 Å². The van der Waals surface area contributed by atoms with Crippen LogP contribution in [0.4, 0.5) is 0 Å². The third kappa shape index (κ3) is 2.73. The van der Waals surface area contributed by atoms with Gasteiger partial charge in [0.15, 0.2) is 0 Å². The Labute approximate surface area is 145 Å². The van der Waals surface area contributed by atoms with Gasteiger partial charge in [-0.15, -0.1) is 11.3 Å². The first-order valence-corrected chi connectivity index (χ1v) is 9.32. The van der Waals surface area contributed by atoms with E-state index in [0.29, 0.717) is 13.1 Å². The Morgan fingerprint density at radius 2 is 1.88 bits per heavy atom. The lowest BCUT2D eigenvalue weighted by atomic mass is 9.99. The SMILES string of the molecule is O=C(C1CCCN1C(=O)c1cccs1)N1CCc2ccccc2C1. The third-order valence-corrected chi connectivity index (χ3v) is 5.83. The summed E-state index contributed by atoms with van der Waals surface area (Å²) in [5.74, 6) is 0.102. The molecule has 1 aromatic heterocycles. The van der Waals surface area contributed by atoms with Gasteiger partial charge in [-0.3, -0.25) is 9.59 Å². The maximum absolute atomic E-state index is 13.0. The van der Waals surface area contributed by atoms with Crippen molar-refractivity contribution in [2.75, 3.05) is 13.1 Å². The largest absolute Gasteiger partial charge is 0.336 e. The van der Waals surface area contributed by atoms with Gasteiger partial charge >= 0.3 is 0 Å². The normalized spacial score (nSPS) is 20.1. The van der Waals surface area contributed by atoms with Crippen LogP contribution in [0.2, 0.25) is 0 Å². The Bertz CT molecular complexity index is 756. The molecule has 1 aromatic carbocycles. The number of carbonyl (C=O) groups is 2. The van der Waals surface area contributed by atoms with Gasteiger partial charge in [-0.25, -0.2) is 0 Å². The highest BCUT2D eigenvalue weighted by Crippen LogP contribution is 2.26. The molecule has 0 saturated carbocycles. The summed E-state index contributed by atoms with van der Waals surface area (Å²) in [6.07, 6.45) is 2.57. The Balaban J connectivity index is 1.51. The molecule has 124 valence electrons. The fraction of sp³-hybridized carbons (Fsp3) is 0.368. The van der Waals surface area contributed by atoms with Crippen molar-refractivity contribution in [1.29, 1.82) is 0 Å². The molecule has 0 radical (unpaired) electrons. The predicted molar refractivity (Wildman–Crippen MR) is 93.9 cm³/mol. The van der Waals surface area contributed by atoms with Crippen molar-refractivity contribution < 1.29 is 9.59 Å². The summed E-state index contributed by atoms with van der Waals surface area (Å²) in [5.41, 5.74) is 2.56. The van der Waals surface area contributed by atoms with Gasteiger partial charge in [0, 0.05) is 19.6 Å². The Kier molecular flexibility index (Phi) is 4.10. The number of nitrogens with zero attached hydrogens (tertiary/aromatic N) is 2. The zero-order valence-corrected chi connectivity index (χ0v) is 14.3. The first kappa shape index (κ1) is 15.4. The molecule has 2 aromatic rings. The van der Waals surface area contributed by atoms with E-state index in [1.165, 1.54) is 22.5 Å². The molecule has 4 nitrogen and oxygen atoms in total. The second-order valence-corrected chi connectivity index (χ2v) is 7.36. The van der Waals surface area contributed by atoms with Crippen LogP contribution in [0.5, 0.6) is 0 Å². The fourth-order valence-corrected chi connectivity index (χ4v) is 4.38. The molecule has 4 rings (SSSR count). The van der Waals surface area contributed by atoms with Gasteiger partial charge in [-0.1, -0.05) is 30.3 Å². The highest BCUT2D eigenvalue weighted by atomic mass is 32.1. The second-order valence-electron chi connectivity index (χ2n) is 6.41. The molecule has 24 heavy (non-hydrogen) atoms. The van der Waals surface area contributed by atoms with Gasteiger partial charge in [0.2, 0.25) is 5.91 Å². The van der Waals surface area contributed by atoms with E-state index in [-0.39, 0.29) is 17.9 Å². The Morgan fingerprint density at radius 1 is 1.04 bits per heavy atom. The van der Waals surface area contributed by atoms with E-state index in [2.05, 4.69) is 18.2 Å². The minimum absolute atomic E-state index is 0.00161. The van der Waals surface area contributed by atoms with Crippen molar-refractivity contribution in [2.45, 2.75) is 31.8 Å². The molecule has 0 N–H and O–H groups in total. The zero-order valence-electron chi connectivity index (χ0n) is 13.5. The number of rotatable bonds is 2. The molecule has 2 aliphatic heterocycles. The van der Waals surface area contributed by atoms with Crippen molar-refractivity contribution in [1.82, 2.24) is 9.80 Å². The van der Waals surface area contributed by atoms with Crippen LogP contribution in [-0.4, -0.2) is 40.7 Å². The smallest absolute Gasteiger partial charge is 0.264 e. The van der Waals surface area contributed by atoms with Crippen LogP contribution in [-0.2, 0) is 17.8 Å². The van der Waals surface area contributed by atoms with E-state index in [1.54, 1.807) is 4.90 Å². The number of hydrogen-bond acceptors (Lipinski definition) is 3. The number of benzene rings is 1. The van der Waals surface area contributed by atoms with Crippen molar-refractivity contribution in [2.24, 2.45) is 0 Å². The van der Waals surface area contributed by atoms with E-state index < -0.39 is 0 Å². The maximum atomic E-state index is 13.0. The average molecular weight is 340 g/mol. The molecule has 1 unspecified atom stereocenters. The van der Waals surface area contributed by atoms with Gasteiger partial charge in [0.25, 0.3) is 5.91 Å². The summed E-state index contributed by atoms with van der Waals surface area (Å²) < 4.78 is 0. The fourth-order valence-electron chi connectivity index (χ4n) is 3.70. The Morgan fingerprint density at radius 3 is 2.67 bits per heavy atom. The van der Waals surface area contributed by atoms with Crippen molar-refractivity contribution in [3.8, 4) is 0 Å².